The molecular formula is C21H23ClN2O5. The van der Waals surface area contributed by atoms with Crippen LogP contribution in [0.2, 0.25) is 5.02 Å². The Kier molecular flexibility index (Phi) is 6.06. The van der Waals surface area contributed by atoms with Gasteiger partial charge in [0.1, 0.15) is 17.7 Å². The van der Waals surface area contributed by atoms with E-state index >= 15 is 0 Å². The van der Waals surface area contributed by atoms with Crippen LogP contribution in [0.4, 0.5) is 0 Å². The molecule has 0 radical (unpaired) electrons. The molecule has 154 valence electrons. The molecule has 0 aliphatic carbocycles. The number of halogens is 1. The molecule has 29 heavy (non-hydrogen) atoms. The summed E-state index contributed by atoms with van der Waals surface area (Å²) in [5.74, 6) is 1.63. The molecule has 2 aromatic rings. The fraction of sp³-hybridized carbons (Fsp3) is 0.429. The van der Waals surface area contributed by atoms with Crippen molar-refractivity contribution >= 4 is 17.5 Å². The van der Waals surface area contributed by atoms with Gasteiger partial charge >= 0.3 is 0 Å². The molecule has 1 amide bonds. The molecule has 0 saturated carbocycles. The number of methoxy groups -OCH3 is 1. The Bertz CT molecular complexity index is 885. The Morgan fingerprint density at radius 2 is 2.10 bits per heavy atom. The lowest BCUT2D eigenvalue weighted by molar-refractivity contribution is -0.128. The Morgan fingerprint density at radius 1 is 1.28 bits per heavy atom. The van der Waals surface area contributed by atoms with Crippen molar-refractivity contribution in [1.82, 2.24) is 10.3 Å². The number of amides is 1. The predicted molar refractivity (Wildman–Crippen MR) is 108 cm³/mol. The molecule has 8 heteroatoms. The second-order valence-corrected chi connectivity index (χ2v) is 7.41. The van der Waals surface area contributed by atoms with E-state index in [0.717, 1.165) is 18.4 Å². The van der Waals surface area contributed by atoms with E-state index in [9.17, 15) is 4.79 Å². The highest BCUT2D eigenvalue weighted by atomic mass is 35.5. The summed E-state index contributed by atoms with van der Waals surface area (Å²) < 4.78 is 22.6. The third-order valence-electron chi connectivity index (χ3n) is 5.07. The van der Waals surface area contributed by atoms with Crippen LogP contribution in [0.1, 0.15) is 12.8 Å². The maximum absolute atomic E-state index is 12.4. The molecular weight excluding hydrogens is 396 g/mol. The van der Waals surface area contributed by atoms with E-state index in [1.165, 1.54) is 7.11 Å². The van der Waals surface area contributed by atoms with E-state index < -0.39 is 0 Å². The van der Waals surface area contributed by atoms with Crippen molar-refractivity contribution in [2.24, 2.45) is 5.92 Å². The van der Waals surface area contributed by atoms with Gasteiger partial charge in [0.05, 0.1) is 19.3 Å². The van der Waals surface area contributed by atoms with E-state index in [-0.39, 0.29) is 17.9 Å². The average Bonchev–Trinajstić information content (AvgIpc) is 2.78. The highest BCUT2D eigenvalue weighted by Gasteiger charge is 2.27. The van der Waals surface area contributed by atoms with Crippen molar-refractivity contribution in [2.75, 3.05) is 33.5 Å². The van der Waals surface area contributed by atoms with E-state index in [1.54, 1.807) is 12.1 Å². The number of nitrogens with zero attached hydrogens (tertiary/aromatic N) is 1. The van der Waals surface area contributed by atoms with Gasteiger partial charge in [0.15, 0.2) is 11.5 Å². The molecule has 3 heterocycles. The molecule has 0 spiro atoms. The van der Waals surface area contributed by atoms with E-state index in [2.05, 4.69) is 10.3 Å². The fourth-order valence-corrected chi connectivity index (χ4v) is 3.65. The largest absolute Gasteiger partial charge is 0.486 e. The Hall–Kier alpha value is -2.51. The average molecular weight is 419 g/mol. The maximum atomic E-state index is 12.4. The third kappa shape index (κ3) is 4.41. The van der Waals surface area contributed by atoms with Crippen molar-refractivity contribution < 1.29 is 23.7 Å². The number of rotatable bonds is 5. The molecule has 1 fully saturated rings. The molecule has 7 nitrogen and oxygen atoms in total. The van der Waals surface area contributed by atoms with Crippen LogP contribution in [0.3, 0.4) is 0 Å². The number of nitrogens with one attached hydrogen (secondary N) is 1. The smallest absolute Gasteiger partial charge is 0.232 e. The molecule has 1 N–H and O–H groups in total. The number of carbonyl (C=O) groups excluding carboxylic acids is 1. The molecule has 0 unspecified atom stereocenters. The van der Waals surface area contributed by atoms with Gasteiger partial charge in [-0.3, -0.25) is 4.79 Å². The summed E-state index contributed by atoms with van der Waals surface area (Å²) in [5, 5.41) is 3.42. The summed E-state index contributed by atoms with van der Waals surface area (Å²) in [6.07, 6.45) is 1.22. The van der Waals surface area contributed by atoms with Crippen LogP contribution in [0.5, 0.6) is 17.4 Å². The number of benzene rings is 1. The van der Waals surface area contributed by atoms with Gasteiger partial charge in [-0.25, -0.2) is 4.98 Å². The summed E-state index contributed by atoms with van der Waals surface area (Å²) in [6.45, 7) is 2.01. The molecule has 1 aromatic carbocycles. The monoisotopic (exact) mass is 418 g/mol. The van der Waals surface area contributed by atoms with Crippen LogP contribution in [0.15, 0.2) is 30.3 Å². The van der Waals surface area contributed by atoms with Gasteiger partial charge in [-0.1, -0.05) is 17.7 Å². The Morgan fingerprint density at radius 3 is 2.90 bits per heavy atom. The quantitative estimate of drug-likeness (QED) is 0.803. The zero-order valence-corrected chi connectivity index (χ0v) is 16.9. The second-order valence-electron chi connectivity index (χ2n) is 7.00. The lowest BCUT2D eigenvalue weighted by Gasteiger charge is -2.29. The minimum absolute atomic E-state index is 0.00170. The molecule has 1 atom stereocenters. The maximum Gasteiger partial charge on any atom is 0.232 e. The summed E-state index contributed by atoms with van der Waals surface area (Å²) in [6, 6.07) is 9.18. The minimum Gasteiger partial charge on any atom is -0.486 e. The molecule has 2 aliphatic heterocycles. The lowest BCUT2D eigenvalue weighted by atomic mass is 9.99. The van der Waals surface area contributed by atoms with E-state index in [1.807, 2.05) is 18.2 Å². The minimum atomic E-state index is -0.290. The van der Waals surface area contributed by atoms with Crippen LogP contribution in [0, 0.1) is 5.92 Å². The number of hydrogen-bond donors (Lipinski definition) is 1. The van der Waals surface area contributed by atoms with Crippen molar-refractivity contribution in [3.05, 3.63) is 35.4 Å². The van der Waals surface area contributed by atoms with Crippen LogP contribution in [-0.2, 0) is 9.53 Å². The zero-order valence-electron chi connectivity index (χ0n) is 16.2. The summed E-state index contributed by atoms with van der Waals surface area (Å²) in [5.41, 5.74) is 1.44. The number of ether oxygens (including phenoxy) is 4. The topological polar surface area (TPSA) is 78.9 Å². The van der Waals surface area contributed by atoms with Gasteiger partial charge in [-0.2, -0.15) is 0 Å². The molecule has 2 aliphatic rings. The third-order valence-corrected chi connectivity index (χ3v) is 5.36. The lowest BCUT2D eigenvalue weighted by Crippen LogP contribution is -2.43. The first kappa shape index (κ1) is 19.8. The molecule has 0 bridgehead atoms. The fourth-order valence-electron chi connectivity index (χ4n) is 3.47. The number of pyridine rings is 1. The number of aromatic nitrogens is 1. The highest BCUT2D eigenvalue weighted by Crippen LogP contribution is 2.41. The number of carbonyl (C=O) groups is 1. The molecule has 1 saturated heterocycles. The van der Waals surface area contributed by atoms with E-state index in [4.69, 9.17) is 30.5 Å². The standard InChI is InChI=1S/C21H23ClN2O5/c1-26-21-16(22)5-6-17(24-21)15-3-2-4-18-19(15)29-14(12-28-18)11-23-20(25)13-7-9-27-10-8-13/h2-6,13-14H,7-12H2,1H3,(H,23,25)/t14-/m0/s1. The SMILES string of the molecule is COc1nc(-c2cccc3c2O[C@@H](CNC(=O)C2CCOCC2)CO3)ccc1Cl. The van der Waals surface area contributed by atoms with Gasteiger partial charge in [-0.05, 0) is 37.1 Å². The normalized spacial score (nSPS) is 18.9. The van der Waals surface area contributed by atoms with Crippen LogP contribution < -0.4 is 19.5 Å². The summed E-state index contributed by atoms with van der Waals surface area (Å²) in [7, 11) is 1.52. The van der Waals surface area contributed by atoms with Crippen LogP contribution in [-0.4, -0.2) is 50.5 Å². The van der Waals surface area contributed by atoms with Crippen molar-refractivity contribution in [3.63, 3.8) is 0 Å². The number of hydrogen-bond acceptors (Lipinski definition) is 6. The van der Waals surface area contributed by atoms with Gasteiger partial charge in [-0.15, -0.1) is 0 Å². The van der Waals surface area contributed by atoms with Crippen LogP contribution in [0.25, 0.3) is 11.3 Å². The Balaban J connectivity index is 1.48. The summed E-state index contributed by atoms with van der Waals surface area (Å²) >= 11 is 6.09. The van der Waals surface area contributed by atoms with Gasteiger partial charge in [0.25, 0.3) is 0 Å². The summed E-state index contributed by atoms with van der Waals surface area (Å²) in [4.78, 5) is 16.8. The number of para-hydroxylation sites is 1. The van der Waals surface area contributed by atoms with Gasteiger partial charge in [0, 0.05) is 24.7 Å². The van der Waals surface area contributed by atoms with Gasteiger partial charge in [0.2, 0.25) is 11.8 Å². The second kappa shape index (κ2) is 8.88. The first-order chi connectivity index (χ1) is 14.2. The highest BCUT2D eigenvalue weighted by molar-refractivity contribution is 6.31. The van der Waals surface area contributed by atoms with Crippen molar-refractivity contribution in [1.29, 1.82) is 0 Å². The van der Waals surface area contributed by atoms with Crippen molar-refractivity contribution in [3.8, 4) is 28.6 Å². The Labute approximate surface area is 174 Å². The molecule has 1 aromatic heterocycles. The number of fused-ring (bicyclic) bond motifs is 1. The predicted octanol–water partition coefficient (Wildman–Crippen LogP) is 3.09. The zero-order chi connectivity index (χ0) is 20.2. The van der Waals surface area contributed by atoms with Gasteiger partial charge < -0.3 is 24.3 Å². The first-order valence-electron chi connectivity index (χ1n) is 9.64. The molecule has 4 rings (SSSR count). The van der Waals surface area contributed by atoms with Crippen molar-refractivity contribution in [2.45, 2.75) is 18.9 Å². The first-order valence-corrected chi connectivity index (χ1v) is 10.0. The van der Waals surface area contributed by atoms with Crippen LogP contribution >= 0.6 is 11.6 Å². The van der Waals surface area contributed by atoms with E-state index in [0.29, 0.717) is 54.5 Å².